The molecule has 12 heteroatoms. The number of hydrogen-bond acceptors (Lipinski definition) is 6. The molecule has 3 rings (SSSR count). The van der Waals surface area contributed by atoms with E-state index in [0.717, 1.165) is 12.1 Å². The first-order chi connectivity index (χ1) is 14.7. The van der Waals surface area contributed by atoms with Crippen LogP contribution in [0, 0.1) is 15.9 Å². The van der Waals surface area contributed by atoms with Gasteiger partial charge in [0.25, 0.3) is 5.69 Å². The third kappa shape index (κ3) is 5.49. The highest BCUT2D eigenvalue weighted by Crippen LogP contribution is 2.25. The van der Waals surface area contributed by atoms with Gasteiger partial charge in [0, 0.05) is 38.3 Å². The smallest absolute Gasteiger partial charge is 0.270 e. The minimum absolute atomic E-state index is 0.0381. The molecule has 31 heavy (non-hydrogen) atoms. The van der Waals surface area contributed by atoms with Gasteiger partial charge in [0.1, 0.15) is 11.6 Å². The van der Waals surface area contributed by atoms with Crippen LogP contribution in [0.2, 0.25) is 5.02 Å². The topological polar surface area (TPSA) is 110 Å². The van der Waals surface area contributed by atoms with E-state index in [1.165, 1.54) is 39.5 Å². The largest absolute Gasteiger partial charge is 0.491 e. The molecule has 0 radical (unpaired) electrons. The molecule has 1 saturated heterocycles. The van der Waals surface area contributed by atoms with Crippen LogP contribution in [0.15, 0.2) is 47.4 Å². The molecule has 0 unspecified atom stereocenters. The van der Waals surface area contributed by atoms with E-state index < -0.39 is 20.8 Å². The quantitative estimate of drug-likeness (QED) is 0.453. The zero-order valence-electron chi connectivity index (χ0n) is 16.2. The molecule has 9 nitrogen and oxygen atoms in total. The van der Waals surface area contributed by atoms with Crippen molar-refractivity contribution in [2.24, 2.45) is 0 Å². The van der Waals surface area contributed by atoms with Gasteiger partial charge in [0.05, 0.1) is 27.9 Å². The second-order valence-corrected chi connectivity index (χ2v) is 9.06. The second-order valence-electron chi connectivity index (χ2n) is 6.71. The summed E-state index contributed by atoms with van der Waals surface area (Å²) >= 11 is 5.87. The molecule has 1 amide bonds. The molecule has 1 fully saturated rings. The van der Waals surface area contributed by atoms with Gasteiger partial charge in [-0.25, -0.2) is 12.8 Å². The molecular formula is C19H19ClFN3O6S. The van der Waals surface area contributed by atoms with Crippen LogP contribution < -0.4 is 4.74 Å². The molecule has 166 valence electrons. The highest BCUT2D eigenvalue weighted by molar-refractivity contribution is 7.89. The van der Waals surface area contributed by atoms with E-state index in [4.69, 9.17) is 16.3 Å². The van der Waals surface area contributed by atoms with Crippen LogP contribution in [-0.4, -0.2) is 61.2 Å². The zero-order valence-corrected chi connectivity index (χ0v) is 17.8. The number of piperazine rings is 1. The lowest BCUT2D eigenvalue weighted by Crippen LogP contribution is -2.50. The maximum Gasteiger partial charge on any atom is 0.270 e. The van der Waals surface area contributed by atoms with E-state index in [-0.39, 0.29) is 66.5 Å². The van der Waals surface area contributed by atoms with Crippen molar-refractivity contribution in [1.82, 2.24) is 9.21 Å². The van der Waals surface area contributed by atoms with E-state index in [2.05, 4.69) is 0 Å². The summed E-state index contributed by atoms with van der Waals surface area (Å²) in [4.78, 5) is 24.0. The van der Waals surface area contributed by atoms with Crippen LogP contribution in [0.4, 0.5) is 10.1 Å². The molecule has 0 spiro atoms. The second kappa shape index (κ2) is 9.58. The number of non-ortho nitro benzene ring substituents is 1. The Labute approximate surface area is 183 Å². The van der Waals surface area contributed by atoms with Crippen molar-refractivity contribution in [2.45, 2.75) is 11.3 Å². The monoisotopic (exact) mass is 471 g/mol. The third-order valence-corrected chi connectivity index (χ3v) is 6.91. The van der Waals surface area contributed by atoms with Crippen molar-refractivity contribution in [3.05, 3.63) is 63.4 Å². The Hall–Kier alpha value is -2.76. The zero-order chi connectivity index (χ0) is 22.6. The Balaban J connectivity index is 1.53. The lowest BCUT2D eigenvalue weighted by molar-refractivity contribution is -0.385. The van der Waals surface area contributed by atoms with Crippen molar-refractivity contribution in [1.29, 1.82) is 0 Å². The van der Waals surface area contributed by atoms with Gasteiger partial charge < -0.3 is 9.64 Å². The minimum atomic E-state index is -3.91. The first-order valence-electron chi connectivity index (χ1n) is 9.29. The number of nitro groups is 1. The molecule has 1 aliphatic heterocycles. The molecule has 0 saturated carbocycles. The first kappa shape index (κ1) is 22.9. The van der Waals surface area contributed by atoms with Crippen molar-refractivity contribution in [3.8, 4) is 5.75 Å². The highest BCUT2D eigenvalue weighted by Gasteiger charge is 2.30. The summed E-state index contributed by atoms with van der Waals surface area (Å²) in [7, 11) is -3.91. The molecule has 0 atom stereocenters. The lowest BCUT2D eigenvalue weighted by Gasteiger charge is -2.34. The van der Waals surface area contributed by atoms with Gasteiger partial charge in [-0.05, 0) is 24.3 Å². The summed E-state index contributed by atoms with van der Waals surface area (Å²) in [5.74, 6) is -0.444. The number of hydrogen-bond donors (Lipinski definition) is 0. The summed E-state index contributed by atoms with van der Waals surface area (Å²) in [6, 6.07) is 8.54. The van der Waals surface area contributed by atoms with E-state index >= 15 is 0 Å². The van der Waals surface area contributed by atoms with Crippen molar-refractivity contribution in [3.63, 3.8) is 0 Å². The standard InChI is InChI=1S/C19H19ClFN3O6S/c20-17-12-14(21)4-5-18(17)30-11-6-19(25)22-7-9-23(10-8-22)31(28,29)16-3-1-2-15(13-16)24(26)27/h1-5,12-13H,6-11H2. The molecule has 2 aromatic rings. The fraction of sp³-hybridized carbons (Fsp3) is 0.316. The number of rotatable bonds is 7. The van der Waals surface area contributed by atoms with Crippen LogP contribution in [0.3, 0.4) is 0 Å². The van der Waals surface area contributed by atoms with Gasteiger partial charge in [-0.15, -0.1) is 0 Å². The van der Waals surface area contributed by atoms with Crippen molar-refractivity contribution < 1.29 is 27.3 Å². The summed E-state index contributed by atoms with van der Waals surface area (Å²) < 4.78 is 45.2. The van der Waals surface area contributed by atoms with Crippen LogP contribution in [0.25, 0.3) is 0 Å². The molecule has 1 aliphatic rings. The van der Waals surface area contributed by atoms with Crippen LogP contribution >= 0.6 is 11.6 Å². The van der Waals surface area contributed by atoms with Gasteiger partial charge >= 0.3 is 0 Å². The lowest BCUT2D eigenvalue weighted by atomic mass is 10.3. The van der Waals surface area contributed by atoms with Gasteiger partial charge in [0.15, 0.2) is 0 Å². The number of ether oxygens (including phenoxy) is 1. The predicted molar refractivity (Wildman–Crippen MR) is 110 cm³/mol. The maximum atomic E-state index is 13.0. The number of carbonyl (C=O) groups is 1. The predicted octanol–water partition coefficient (Wildman–Crippen LogP) is 2.69. The molecule has 0 bridgehead atoms. The van der Waals surface area contributed by atoms with Gasteiger partial charge in [-0.2, -0.15) is 4.31 Å². The molecular weight excluding hydrogens is 453 g/mol. The van der Waals surface area contributed by atoms with Crippen LogP contribution in [-0.2, 0) is 14.8 Å². The number of nitro benzene ring substituents is 1. The fourth-order valence-corrected chi connectivity index (χ4v) is 4.77. The van der Waals surface area contributed by atoms with E-state index in [1.54, 1.807) is 0 Å². The Morgan fingerprint density at radius 1 is 1.16 bits per heavy atom. The van der Waals surface area contributed by atoms with E-state index in [9.17, 15) is 27.7 Å². The summed E-state index contributed by atoms with van der Waals surface area (Å²) in [5, 5.41) is 11.0. The van der Waals surface area contributed by atoms with Crippen molar-refractivity contribution >= 4 is 33.2 Å². The number of halogens is 2. The van der Waals surface area contributed by atoms with Gasteiger partial charge in [-0.3, -0.25) is 14.9 Å². The minimum Gasteiger partial charge on any atom is -0.491 e. The fourth-order valence-electron chi connectivity index (χ4n) is 3.08. The molecule has 0 aromatic heterocycles. The Morgan fingerprint density at radius 3 is 2.52 bits per heavy atom. The number of nitrogens with zero attached hydrogens (tertiary/aromatic N) is 3. The maximum absolute atomic E-state index is 13.0. The molecule has 0 N–H and O–H groups in total. The Morgan fingerprint density at radius 2 is 1.87 bits per heavy atom. The molecule has 0 aliphatic carbocycles. The number of sulfonamides is 1. The molecule has 2 aromatic carbocycles. The third-order valence-electron chi connectivity index (χ3n) is 4.72. The average Bonchev–Trinajstić information content (AvgIpc) is 2.75. The highest BCUT2D eigenvalue weighted by atomic mass is 35.5. The van der Waals surface area contributed by atoms with Gasteiger partial charge in [-0.1, -0.05) is 17.7 Å². The summed E-state index contributed by atoms with van der Waals surface area (Å²) in [6.07, 6.45) is 0.0470. The van der Waals surface area contributed by atoms with Crippen LogP contribution in [0.5, 0.6) is 5.75 Å². The SMILES string of the molecule is O=C(CCOc1ccc(F)cc1Cl)N1CCN(S(=O)(=O)c2cccc([N+](=O)[O-])c2)CC1. The first-order valence-corrected chi connectivity index (χ1v) is 11.1. The summed E-state index contributed by atoms with van der Waals surface area (Å²) in [6.45, 7) is 0.549. The van der Waals surface area contributed by atoms with Crippen LogP contribution in [0.1, 0.15) is 6.42 Å². The number of benzene rings is 2. The van der Waals surface area contributed by atoms with E-state index in [1.807, 2.05) is 0 Å². The van der Waals surface area contributed by atoms with Gasteiger partial charge in [0.2, 0.25) is 15.9 Å². The Kier molecular flexibility index (Phi) is 7.08. The normalized spacial score (nSPS) is 15.0. The van der Waals surface area contributed by atoms with Crippen molar-refractivity contribution in [2.75, 3.05) is 32.8 Å². The molecule has 1 heterocycles. The number of amides is 1. The number of carbonyl (C=O) groups excluding carboxylic acids is 1. The Bertz CT molecular complexity index is 1090. The average molecular weight is 472 g/mol. The summed E-state index contributed by atoms with van der Waals surface area (Å²) in [5.41, 5.74) is -0.309. The van der Waals surface area contributed by atoms with E-state index in [0.29, 0.717) is 0 Å².